The third-order valence-electron chi connectivity index (χ3n) is 2.97. The Bertz CT molecular complexity index is 150. The largest absolute Gasteiger partial charge is 0.309 e. The average Bonchev–Trinajstić information content (AvgIpc) is 2.53. The molecule has 1 saturated heterocycles. The van der Waals surface area contributed by atoms with Gasteiger partial charge in [-0.05, 0) is 58.9 Å². The minimum absolute atomic E-state index is 0.830. The van der Waals surface area contributed by atoms with Crippen LogP contribution in [0.15, 0.2) is 0 Å². The van der Waals surface area contributed by atoms with E-state index in [2.05, 4.69) is 23.9 Å². The summed E-state index contributed by atoms with van der Waals surface area (Å²) >= 11 is 5.75. The Morgan fingerprint density at radius 2 is 2.21 bits per heavy atom. The Hall–Kier alpha value is 0.210. The summed E-state index contributed by atoms with van der Waals surface area (Å²) in [5, 5.41) is 0. The molecule has 0 amide bonds. The molecule has 1 atom stereocenters. The third-order valence-corrected chi connectivity index (χ3v) is 3.19. The number of likely N-dealkylation sites (tertiary alicyclic amines) is 1. The lowest BCUT2D eigenvalue weighted by atomic mass is 10.1. The maximum atomic E-state index is 5.75. The molecule has 0 aromatic heterocycles. The van der Waals surface area contributed by atoms with E-state index in [1.165, 1.54) is 45.4 Å². The molecule has 0 spiro atoms. The molecule has 1 heterocycles. The Morgan fingerprint density at radius 3 is 2.86 bits per heavy atom. The Balaban J connectivity index is 2.04. The highest BCUT2D eigenvalue weighted by molar-refractivity contribution is 6.17. The third kappa shape index (κ3) is 4.63. The number of halogens is 1. The Labute approximate surface area is 93.2 Å². The summed E-state index contributed by atoms with van der Waals surface area (Å²) < 4.78 is 0. The zero-order valence-electron chi connectivity index (χ0n) is 9.51. The maximum Gasteiger partial charge on any atom is 0.0226 e. The second kappa shape index (κ2) is 6.65. The number of rotatable bonds is 6. The van der Waals surface area contributed by atoms with Gasteiger partial charge in [-0.15, -0.1) is 11.6 Å². The van der Waals surface area contributed by atoms with Crippen molar-refractivity contribution in [3.8, 4) is 0 Å². The summed E-state index contributed by atoms with van der Waals surface area (Å²) in [6.45, 7) is 5.03. The number of nitrogens with zero attached hydrogens (tertiary/aromatic N) is 2. The smallest absolute Gasteiger partial charge is 0.0226 e. The van der Waals surface area contributed by atoms with Crippen LogP contribution in [0.2, 0.25) is 0 Å². The van der Waals surface area contributed by atoms with Gasteiger partial charge in [-0.25, -0.2) is 0 Å². The van der Waals surface area contributed by atoms with Crippen LogP contribution in [0.1, 0.15) is 19.3 Å². The quantitative estimate of drug-likeness (QED) is 0.629. The van der Waals surface area contributed by atoms with Gasteiger partial charge in [0, 0.05) is 12.4 Å². The van der Waals surface area contributed by atoms with Gasteiger partial charge in [0.05, 0.1) is 0 Å². The molecule has 1 unspecified atom stereocenters. The first-order valence-corrected chi connectivity index (χ1v) is 6.19. The maximum absolute atomic E-state index is 5.75. The molecular formula is C11H23ClN2. The second-order valence-corrected chi connectivity index (χ2v) is 4.97. The summed E-state index contributed by atoms with van der Waals surface area (Å²) in [4.78, 5) is 4.84. The second-order valence-electron chi connectivity index (χ2n) is 4.59. The van der Waals surface area contributed by atoms with Crippen LogP contribution >= 0.6 is 11.6 Å². The first kappa shape index (κ1) is 12.3. The molecule has 14 heavy (non-hydrogen) atoms. The molecule has 84 valence electrons. The van der Waals surface area contributed by atoms with Gasteiger partial charge in [0.1, 0.15) is 0 Å². The predicted octanol–water partition coefficient (Wildman–Crippen LogP) is 1.89. The number of hydrogen-bond acceptors (Lipinski definition) is 2. The molecule has 0 aromatic carbocycles. The van der Waals surface area contributed by atoms with E-state index in [1.807, 2.05) is 0 Å². The van der Waals surface area contributed by atoms with Crippen LogP contribution in [0, 0.1) is 5.92 Å². The fourth-order valence-electron chi connectivity index (χ4n) is 2.12. The van der Waals surface area contributed by atoms with Crippen molar-refractivity contribution >= 4 is 11.6 Å². The van der Waals surface area contributed by atoms with Crippen molar-refractivity contribution in [3.05, 3.63) is 0 Å². The van der Waals surface area contributed by atoms with E-state index in [4.69, 9.17) is 11.6 Å². The van der Waals surface area contributed by atoms with Crippen molar-refractivity contribution in [3.63, 3.8) is 0 Å². The molecule has 0 aromatic rings. The summed E-state index contributed by atoms with van der Waals surface area (Å²) in [6.07, 6.45) is 3.85. The molecule has 1 rings (SSSR count). The minimum atomic E-state index is 0.830. The monoisotopic (exact) mass is 218 g/mol. The van der Waals surface area contributed by atoms with Gasteiger partial charge in [0.15, 0.2) is 0 Å². The zero-order valence-corrected chi connectivity index (χ0v) is 10.3. The van der Waals surface area contributed by atoms with E-state index in [9.17, 15) is 0 Å². The van der Waals surface area contributed by atoms with Crippen molar-refractivity contribution in [2.24, 2.45) is 5.92 Å². The van der Waals surface area contributed by atoms with Gasteiger partial charge in [0.25, 0.3) is 0 Å². The number of alkyl halides is 1. The molecule has 0 saturated carbocycles. The van der Waals surface area contributed by atoms with Crippen LogP contribution in [0.25, 0.3) is 0 Å². The summed E-state index contributed by atoms with van der Waals surface area (Å²) in [6, 6.07) is 0. The van der Waals surface area contributed by atoms with Crippen molar-refractivity contribution in [1.29, 1.82) is 0 Å². The average molecular weight is 219 g/mol. The van der Waals surface area contributed by atoms with Gasteiger partial charge in [-0.3, -0.25) is 0 Å². The lowest BCUT2D eigenvalue weighted by Gasteiger charge is -2.17. The molecular weight excluding hydrogens is 196 g/mol. The topological polar surface area (TPSA) is 6.48 Å². The first-order chi connectivity index (χ1) is 6.72. The fraction of sp³-hybridized carbons (Fsp3) is 1.00. The van der Waals surface area contributed by atoms with E-state index in [1.54, 1.807) is 0 Å². The Morgan fingerprint density at radius 1 is 1.43 bits per heavy atom. The molecule has 1 fully saturated rings. The minimum Gasteiger partial charge on any atom is -0.309 e. The first-order valence-electron chi connectivity index (χ1n) is 5.65. The highest BCUT2D eigenvalue weighted by atomic mass is 35.5. The van der Waals surface area contributed by atoms with Gasteiger partial charge >= 0.3 is 0 Å². The van der Waals surface area contributed by atoms with Crippen LogP contribution in [0.5, 0.6) is 0 Å². The van der Waals surface area contributed by atoms with E-state index >= 15 is 0 Å². The highest BCUT2D eigenvalue weighted by Gasteiger charge is 2.20. The molecule has 0 radical (unpaired) electrons. The van der Waals surface area contributed by atoms with Crippen molar-refractivity contribution in [2.75, 3.05) is 46.2 Å². The van der Waals surface area contributed by atoms with Crippen LogP contribution in [0.3, 0.4) is 0 Å². The summed E-state index contributed by atoms with van der Waals surface area (Å²) in [5.41, 5.74) is 0. The summed E-state index contributed by atoms with van der Waals surface area (Å²) in [7, 11) is 4.28. The lowest BCUT2D eigenvalue weighted by molar-refractivity contribution is 0.293. The molecule has 2 nitrogen and oxygen atoms in total. The van der Waals surface area contributed by atoms with Crippen LogP contribution in [0.4, 0.5) is 0 Å². The van der Waals surface area contributed by atoms with Crippen molar-refractivity contribution in [2.45, 2.75) is 19.3 Å². The van der Waals surface area contributed by atoms with Crippen molar-refractivity contribution < 1.29 is 0 Å². The zero-order chi connectivity index (χ0) is 10.4. The molecule has 0 aliphatic carbocycles. The van der Waals surface area contributed by atoms with Gasteiger partial charge < -0.3 is 9.80 Å². The van der Waals surface area contributed by atoms with Crippen LogP contribution in [-0.4, -0.2) is 56.0 Å². The lowest BCUT2D eigenvalue weighted by Crippen LogP contribution is -2.25. The van der Waals surface area contributed by atoms with E-state index in [0.717, 1.165) is 11.8 Å². The molecule has 3 heteroatoms. The predicted molar refractivity (Wildman–Crippen MR) is 63.1 cm³/mol. The van der Waals surface area contributed by atoms with Gasteiger partial charge in [-0.1, -0.05) is 0 Å². The highest BCUT2D eigenvalue weighted by Crippen LogP contribution is 2.19. The standard InChI is InChI=1S/C11H23ClN2/c1-13(2)7-3-8-14-9-5-11(10-14)4-6-12/h11H,3-10H2,1-2H3. The van der Waals surface area contributed by atoms with Gasteiger partial charge in [-0.2, -0.15) is 0 Å². The SMILES string of the molecule is CN(C)CCCN1CCC(CCCl)C1. The normalized spacial score (nSPS) is 23.6. The number of hydrogen-bond donors (Lipinski definition) is 0. The van der Waals surface area contributed by atoms with Crippen LogP contribution in [-0.2, 0) is 0 Å². The van der Waals surface area contributed by atoms with E-state index < -0.39 is 0 Å². The van der Waals surface area contributed by atoms with Gasteiger partial charge in [0.2, 0.25) is 0 Å². The fourth-order valence-corrected chi connectivity index (χ4v) is 2.43. The molecule has 0 N–H and O–H groups in total. The summed E-state index contributed by atoms with van der Waals surface area (Å²) in [5.74, 6) is 1.70. The van der Waals surface area contributed by atoms with Crippen LogP contribution < -0.4 is 0 Å². The Kier molecular flexibility index (Phi) is 5.83. The van der Waals surface area contributed by atoms with E-state index in [-0.39, 0.29) is 0 Å². The molecule has 1 aliphatic rings. The molecule has 0 bridgehead atoms. The molecule has 1 aliphatic heterocycles. The van der Waals surface area contributed by atoms with E-state index in [0.29, 0.717) is 0 Å². The van der Waals surface area contributed by atoms with Crippen molar-refractivity contribution in [1.82, 2.24) is 9.80 Å².